The predicted molar refractivity (Wildman–Crippen MR) is 85.2 cm³/mol. The number of ether oxygens (including phenoxy) is 1. The van der Waals surface area contributed by atoms with Gasteiger partial charge in [0, 0.05) is 13.0 Å². The number of aromatic nitrogens is 2. The quantitative estimate of drug-likeness (QED) is 0.862. The second-order valence-corrected chi connectivity index (χ2v) is 6.28. The Morgan fingerprint density at radius 2 is 2.12 bits per heavy atom. The molecule has 0 radical (unpaired) electrons. The predicted octanol–water partition coefficient (Wildman–Crippen LogP) is 0.892. The maximum absolute atomic E-state index is 13.1. The average Bonchev–Trinajstić information content (AvgIpc) is 3.02. The molecule has 1 aliphatic rings. The Morgan fingerprint density at radius 3 is 2.76 bits per heavy atom. The molecule has 1 aromatic carbocycles. The monoisotopic (exact) mass is 349 g/mol. The van der Waals surface area contributed by atoms with Gasteiger partial charge in [-0.05, 0) is 24.6 Å². The molecule has 1 N–H and O–H groups in total. The molecule has 1 saturated heterocycles. The molecule has 0 spiro atoms. The maximum atomic E-state index is 13.1. The van der Waals surface area contributed by atoms with Gasteiger partial charge in [-0.2, -0.15) is 0 Å². The van der Waals surface area contributed by atoms with E-state index in [4.69, 9.17) is 4.74 Å². The third-order valence-electron chi connectivity index (χ3n) is 4.39. The first-order valence-corrected chi connectivity index (χ1v) is 8.06. The van der Waals surface area contributed by atoms with Crippen LogP contribution in [0.3, 0.4) is 0 Å². The molecule has 1 aromatic heterocycles. The zero-order chi connectivity index (χ0) is 17.9. The van der Waals surface area contributed by atoms with Crippen molar-refractivity contribution in [2.24, 2.45) is 0 Å². The maximum Gasteiger partial charge on any atom is 0.228 e. The summed E-state index contributed by atoms with van der Waals surface area (Å²) in [7, 11) is 0. The zero-order valence-corrected chi connectivity index (χ0v) is 13.9. The summed E-state index contributed by atoms with van der Waals surface area (Å²) in [6.07, 6.45) is 0.478. The highest BCUT2D eigenvalue weighted by Crippen LogP contribution is 2.24. The van der Waals surface area contributed by atoms with E-state index in [9.17, 15) is 14.3 Å². The number of nitrogens with zero attached hydrogens (tertiary/aromatic N) is 3. The van der Waals surface area contributed by atoms with E-state index in [1.54, 1.807) is 24.0 Å². The van der Waals surface area contributed by atoms with Crippen molar-refractivity contribution in [3.05, 3.63) is 47.0 Å². The van der Waals surface area contributed by atoms with Crippen LogP contribution in [0.25, 0.3) is 0 Å². The van der Waals surface area contributed by atoms with Gasteiger partial charge in [0.15, 0.2) is 0 Å². The molecule has 0 aliphatic carbocycles. The lowest BCUT2D eigenvalue weighted by atomic mass is 9.93. The Hall–Kier alpha value is -2.32. The van der Waals surface area contributed by atoms with Crippen molar-refractivity contribution >= 4 is 5.91 Å². The van der Waals surface area contributed by atoms with E-state index in [1.807, 2.05) is 0 Å². The van der Waals surface area contributed by atoms with Crippen LogP contribution in [0.4, 0.5) is 4.39 Å². The topological polar surface area (TPSA) is 88.7 Å². The van der Waals surface area contributed by atoms with E-state index < -0.39 is 5.60 Å². The summed E-state index contributed by atoms with van der Waals surface area (Å²) >= 11 is 0. The summed E-state index contributed by atoms with van der Waals surface area (Å²) < 4.78 is 23.5. The summed E-state index contributed by atoms with van der Waals surface area (Å²) in [6.45, 7) is 2.51. The van der Waals surface area contributed by atoms with Crippen molar-refractivity contribution in [3.8, 4) is 0 Å². The third-order valence-corrected chi connectivity index (χ3v) is 4.39. The van der Waals surface area contributed by atoms with Crippen molar-refractivity contribution < 1.29 is 23.7 Å². The van der Waals surface area contributed by atoms with Gasteiger partial charge >= 0.3 is 0 Å². The minimum atomic E-state index is -0.900. The number of aliphatic hydroxyl groups excluding tert-OH is 1. The number of carbonyl (C=O) groups is 1. The SMILES string of the molecule is Cc1nonc1CC(=O)N1CCO[C@@](CO)(Cc2ccc(F)cc2)C1. The van der Waals surface area contributed by atoms with Crippen LogP contribution < -0.4 is 0 Å². The molecule has 2 heterocycles. The lowest BCUT2D eigenvalue weighted by molar-refractivity contribution is -0.157. The molecule has 25 heavy (non-hydrogen) atoms. The molecule has 8 heteroatoms. The van der Waals surface area contributed by atoms with Crippen molar-refractivity contribution in [3.63, 3.8) is 0 Å². The van der Waals surface area contributed by atoms with Crippen molar-refractivity contribution in [1.82, 2.24) is 15.2 Å². The highest BCUT2D eigenvalue weighted by Gasteiger charge is 2.38. The lowest BCUT2D eigenvalue weighted by Gasteiger charge is -2.42. The number of morpholine rings is 1. The Kier molecular flexibility index (Phi) is 5.10. The number of rotatable bonds is 5. The van der Waals surface area contributed by atoms with Gasteiger partial charge in [0.25, 0.3) is 0 Å². The van der Waals surface area contributed by atoms with E-state index in [0.29, 0.717) is 31.0 Å². The van der Waals surface area contributed by atoms with Gasteiger partial charge in [-0.3, -0.25) is 4.79 Å². The summed E-state index contributed by atoms with van der Waals surface area (Å²) in [5.41, 5.74) is 1.02. The number of halogens is 1. The van der Waals surface area contributed by atoms with Gasteiger partial charge in [0.1, 0.15) is 22.8 Å². The minimum absolute atomic E-state index is 0.0907. The van der Waals surface area contributed by atoms with Crippen LogP contribution >= 0.6 is 0 Å². The fourth-order valence-electron chi connectivity index (χ4n) is 2.96. The van der Waals surface area contributed by atoms with E-state index in [0.717, 1.165) is 5.56 Å². The highest BCUT2D eigenvalue weighted by molar-refractivity contribution is 5.78. The Morgan fingerprint density at radius 1 is 1.36 bits per heavy atom. The number of hydrogen-bond acceptors (Lipinski definition) is 6. The fourth-order valence-corrected chi connectivity index (χ4v) is 2.96. The highest BCUT2D eigenvalue weighted by atomic mass is 19.1. The third kappa shape index (κ3) is 4.02. The first-order chi connectivity index (χ1) is 12.0. The average molecular weight is 349 g/mol. The van der Waals surface area contributed by atoms with Crippen molar-refractivity contribution in [2.45, 2.75) is 25.4 Å². The van der Waals surface area contributed by atoms with Crippen LogP contribution in [0.5, 0.6) is 0 Å². The van der Waals surface area contributed by atoms with Crippen LogP contribution in [-0.2, 0) is 22.4 Å². The Labute approximate surface area is 144 Å². The van der Waals surface area contributed by atoms with Gasteiger partial charge in [-0.1, -0.05) is 22.4 Å². The first-order valence-electron chi connectivity index (χ1n) is 8.06. The largest absolute Gasteiger partial charge is 0.393 e. The fraction of sp³-hybridized carbons (Fsp3) is 0.471. The standard InChI is InChI=1S/C17H20FN3O4/c1-12-15(20-25-19-12)8-16(23)21-6-7-24-17(10-21,11-22)9-13-2-4-14(18)5-3-13/h2-5,22H,6-11H2,1H3/t17-/m0/s1. The first kappa shape index (κ1) is 17.5. The van der Waals surface area contributed by atoms with Gasteiger partial charge in [-0.15, -0.1) is 0 Å². The van der Waals surface area contributed by atoms with Gasteiger partial charge < -0.3 is 14.7 Å². The van der Waals surface area contributed by atoms with Crippen molar-refractivity contribution in [2.75, 3.05) is 26.3 Å². The molecule has 1 aliphatic heterocycles. The Balaban J connectivity index is 1.70. The number of aliphatic hydroxyl groups is 1. The van der Waals surface area contributed by atoms with Gasteiger partial charge in [0.2, 0.25) is 5.91 Å². The molecule has 3 rings (SSSR count). The zero-order valence-electron chi connectivity index (χ0n) is 13.9. The molecular weight excluding hydrogens is 329 g/mol. The van der Waals surface area contributed by atoms with Crippen LogP contribution in [0.1, 0.15) is 17.0 Å². The molecule has 1 amide bonds. The minimum Gasteiger partial charge on any atom is -0.393 e. The molecule has 2 aromatic rings. The van der Waals surface area contributed by atoms with Crippen LogP contribution in [0.2, 0.25) is 0 Å². The van der Waals surface area contributed by atoms with E-state index in [-0.39, 0.29) is 31.3 Å². The van der Waals surface area contributed by atoms with E-state index in [2.05, 4.69) is 14.9 Å². The van der Waals surface area contributed by atoms with Gasteiger partial charge in [-0.25, -0.2) is 9.02 Å². The molecule has 0 unspecified atom stereocenters. The molecule has 1 fully saturated rings. The van der Waals surface area contributed by atoms with Crippen LogP contribution in [-0.4, -0.2) is 58.1 Å². The van der Waals surface area contributed by atoms with Crippen LogP contribution in [0.15, 0.2) is 28.9 Å². The number of aryl methyl sites for hydroxylation is 1. The number of amides is 1. The molecule has 7 nitrogen and oxygen atoms in total. The van der Waals surface area contributed by atoms with Crippen molar-refractivity contribution in [1.29, 1.82) is 0 Å². The second-order valence-electron chi connectivity index (χ2n) is 6.28. The molecular formula is C17H20FN3O4. The lowest BCUT2D eigenvalue weighted by Crippen LogP contribution is -2.57. The van der Waals surface area contributed by atoms with Gasteiger partial charge in [0.05, 0.1) is 26.2 Å². The van der Waals surface area contributed by atoms with E-state index >= 15 is 0 Å². The summed E-state index contributed by atoms with van der Waals surface area (Å²) in [5, 5.41) is 17.3. The Bertz CT molecular complexity index is 734. The molecule has 0 bridgehead atoms. The molecule has 0 saturated carbocycles. The number of benzene rings is 1. The molecule has 134 valence electrons. The summed E-state index contributed by atoms with van der Waals surface area (Å²) in [4.78, 5) is 14.2. The normalized spacial score (nSPS) is 20.7. The smallest absolute Gasteiger partial charge is 0.228 e. The summed E-state index contributed by atoms with van der Waals surface area (Å²) in [6, 6.07) is 6.04. The van der Waals surface area contributed by atoms with E-state index in [1.165, 1.54) is 12.1 Å². The summed E-state index contributed by atoms with van der Waals surface area (Å²) in [5.74, 6) is -0.446. The molecule has 1 atom stereocenters. The van der Waals surface area contributed by atoms with Crippen LogP contribution in [0, 0.1) is 12.7 Å². The number of hydrogen-bond donors (Lipinski definition) is 1. The second kappa shape index (κ2) is 7.28. The number of carbonyl (C=O) groups excluding carboxylic acids is 1.